The second-order valence-corrected chi connectivity index (χ2v) is 2.78. The molecule has 0 saturated heterocycles. The van der Waals surface area contributed by atoms with Gasteiger partial charge >= 0.3 is 0 Å². The molecule has 0 unspecified atom stereocenters. The first kappa shape index (κ1) is 13.8. The van der Waals surface area contributed by atoms with Crippen molar-refractivity contribution in [3.05, 3.63) is 10.4 Å². The van der Waals surface area contributed by atoms with Crippen molar-refractivity contribution in [1.82, 2.24) is 0 Å². The van der Waals surface area contributed by atoms with E-state index >= 15 is 0 Å². The van der Waals surface area contributed by atoms with Gasteiger partial charge in [-0.3, -0.25) is 4.79 Å². The van der Waals surface area contributed by atoms with E-state index in [1.807, 2.05) is 0 Å². The van der Waals surface area contributed by atoms with Crippen LogP contribution in [-0.4, -0.2) is 62.5 Å². The first-order valence-corrected chi connectivity index (χ1v) is 3.83. The lowest BCUT2D eigenvalue weighted by molar-refractivity contribution is -0.162. The third kappa shape index (κ3) is 3.13. The van der Waals surface area contributed by atoms with E-state index in [-0.39, 0.29) is 6.29 Å². The van der Waals surface area contributed by atoms with Crippen LogP contribution in [0.4, 0.5) is 0 Å². The van der Waals surface area contributed by atoms with Gasteiger partial charge in [0.1, 0.15) is 18.3 Å². The monoisotopic (exact) mass is 221 g/mol. The minimum atomic E-state index is -2.88. The summed E-state index contributed by atoms with van der Waals surface area (Å²) in [6.07, 6.45) is -6.34. The molecule has 0 aromatic heterocycles. The summed E-state index contributed by atoms with van der Waals surface area (Å²) in [6, 6.07) is 0. The molecule has 0 aliphatic heterocycles. The van der Waals surface area contributed by atoms with Gasteiger partial charge in [0.2, 0.25) is 5.72 Å². The minimum absolute atomic E-state index is 0.287. The molecule has 86 valence electrons. The number of hydrogen-bond donors (Lipinski definition) is 5. The molecule has 0 heterocycles. The smallest absolute Gasteiger partial charge is 0.227 e. The van der Waals surface area contributed by atoms with Gasteiger partial charge in [0.05, 0.1) is 6.61 Å². The Morgan fingerprint density at radius 1 is 1.47 bits per heavy atom. The van der Waals surface area contributed by atoms with E-state index in [1.165, 1.54) is 0 Å². The Morgan fingerprint density at radius 3 is 2.33 bits per heavy atom. The molecule has 15 heavy (non-hydrogen) atoms. The third-order valence-corrected chi connectivity index (χ3v) is 1.72. The number of hydrogen-bond acceptors (Lipinski definition) is 7. The van der Waals surface area contributed by atoms with Gasteiger partial charge < -0.3 is 25.5 Å². The lowest BCUT2D eigenvalue weighted by Gasteiger charge is -2.28. The molecule has 9 heteroatoms. The average molecular weight is 221 g/mol. The molecule has 0 saturated carbocycles. The highest BCUT2D eigenvalue weighted by atomic mass is 16.4. The molecule has 0 radical (unpaired) electrons. The normalized spacial score (nSPS) is 20.6. The zero-order valence-electron chi connectivity index (χ0n) is 7.50. The van der Waals surface area contributed by atoms with Crippen molar-refractivity contribution < 1.29 is 30.3 Å². The Kier molecular flexibility index (Phi) is 5.15. The zero-order valence-corrected chi connectivity index (χ0v) is 7.50. The standard InChI is InChI=1S/C6H11N3O6/c7-9-8-6(15,2-11)5(14)4(13)3(12)1-10/h2-5,10,12-15H,1H2/t3-,4-,5+,6-/m1/s1. The molecule has 4 atom stereocenters. The molecule has 0 rings (SSSR count). The lowest BCUT2D eigenvalue weighted by Crippen LogP contribution is -2.53. The average Bonchev–Trinajstić information content (AvgIpc) is 2.26. The van der Waals surface area contributed by atoms with E-state index < -0.39 is 30.6 Å². The van der Waals surface area contributed by atoms with E-state index in [0.29, 0.717) is 0 Å². The molecule has 5 N–H and O–H groups in total. The number of carbonyl (C=O) groups is 1. The van der Waals surface area contributed by atoms with Gasteiger partial charge in [-0.15, -0.1) is 0 Å². The van der Waals surface area contributed by atoms with Crippen LogP contribution in [0.25, 0.3) is 10.4 Å². The molecular weight excluding hydrogens is 210 g/mol. The second kappa shape index (κ2) is 5.61. The second-order valence-electron chi connectivity index (χ2n) is 2.78. The van der Waals surface area contributed by atoms with Crippen LogP contribution in [0.15, 0.2) is 5.11 Å². The van der Waals surface area contributed by atoms with Crippen molar-refractivity contribution in [2.75, 3.05) is 6.61 Å². The fraction of sp³-hybridized carbons (Fsp3) is 0.833. The van der Waals surface area contributed by atoms with Gasteiger partial charge in [0.15, 0.2) is 6.29 Å². The third-order valence-electron chi connectivity index (χ3n) is 1.72. The molecule has 0 aromatic carbocycles. The summed E-state index contributed by atoms with van der Waals surface area (Å²) in [5.74, 6) is 0. The molecule has 0 amide bonds. The summed E-state index contributed by atoms with van der Waals surface area (Å²) in [6.45, 7) is -0.899. The van der Waals surface area contributed by atoms with Crippen LogP contribution in [0.3, 0.4) is 0 Å². The van der Waals surface area contributed by atoms with Crippen LogP contribution in [-0.2, 0) is 4.79 Å². The lowest BCUT2D eigenvalue weighted by atomic mass is 10.00. The van der Waals surface area contributed by atoms with Crippen molar-refractivity contribution in [3.63, 3.8) is 0 Å². The largest absolute Gasteiger partial charge is 0.394 e. The Morgan fingerprint density at radius 2 is 2.00 bits per heavy atom. The first-order valence-electron chi connectivity index (χ1n) is 3.83. The highest BCUT2D eigenvalue weighted by Gasteiger charge is 2.42. The van der Waals surface area contributed by atoms with Crippen LogP contribution in [0.2, 0.25) is 0 Å². The van der Waals surface area contributed by atoms with Crippen LogP contribution in [0.5, 0.6) is 0 Å². The molecule has 0 aromatic rings. The molecule has 9 nitrogen and oxygen atoms in total. The molecule has 0 fully saturated rings. The van der Waals surface area contributed by atoms with Gasteiger partial charge in [-0.2, -0.15) is 0 Å². The summed E-state index contributed by atoms with van der Waals surface area (Å²) < 4.78 is 0. The van der Waals surface area contributed by atoms with Crippen LogP contribution >= 0.6 is 0 Å². The van der Waals surface area contributed by atoms with E-state index in [9.17, 15) is 15.0 Å². The molecular formula is C6H11N3O6. The number of carbonyl (C=O) groups excluding carboxylic acids is 1. The SMILES string of the molecule is [N-]=[N+]=N[C@@](O)(C=O)[C@@H](O)[C@H](O)[C@H](O)CO. The zero-order chi connectivity index (χ0) is 12.1. The number of aliphatic hydroxyl groups excluding tert-OH is 4. The van der Waals surface area contributed by atoms with Crippen molar-refractivity contribution in [3.8, 4) is 0 Å². The fourth-order valence-electron chi connectivity index (χ4n) is 0.794. The van der Waals surface area contributed by atoms with Gasteiger partial charge in [-0.25, -0.2) is 0 Å². The number of aliphatic hydroxyl groups is 5. The highest BCUT2D eigenvalue weighted by molar-refractivity contribution is 5.62. The minimum Gasteiger partial charge on any atom is -0.394 e. The molecule has 0 bridgehead atoms. The summed E-state index contributed by atoms with van der Waals surface area (Å²) in [7, 11) is 0. The first-order chi connectivity index (χ1) is 6.92. The fourth-order valence-corrected chi connectivity index (χ4v) is 0.794. The Balaban J connectivity index is 4.86. The van der Waals surface area contributed by atoms with Gasteiger partial charge in [0.25, 0.3) is 0 Å². The van der Waals surface area contributed by atoms with Crippen molar-refractivity contribution in [1.29, 1.82) is 0 Å². The van der Waals surface area contributed by atoms with E-state index in [1.54, 1.807) is 0 Å². The topological polar surface area (TPSA) is 167 Å². The van der Waals surface area contributed by atoms with Crippen molar-refractivity contribution >= 4 is 6.29 Å². The molecule has 0 aliphatic carbocycles. The highest BCUT2D eigenvalue weighted by Crippen LogP contribution is 2.15. The molecule has 0 aliphatic rings. The summed E-state index contributed by atoms with van der Waals surface area (Å²) in [5, 5.41) is 47.4. The summed E-state index contributed by atoms with van der Waals surface area (Å²) in [4.78, 5) is 12.4. The maximum Gasteiger partial charge on any atom is 0.227 e. The number of aldehydes is 1. The number of azide groups is 1. The van der Waals surface area contributed by atoms with Crippen molar-refractivity contribution in [2.45, 2.75) is 24.0 Å². The number of rotatable bonds is 6. The van der Waals surface area contributed by atoms with Crippen molar-refractivity contribution in [2.24, 2.45) is 5.11 Å². The van der Waals surface area contributed by atoms with Crippen LogP contribution < -0.4 is 0 Å². The maximum absolute atomic E-state index is 10.3. The number of nitrogens with zero attached hydrogens (tertiary/aromatic N) is 3. The predicted octanol–water partition coefficient (Wildman–Crippen LogP) is -2.74. The van der Waals surface area contributed by atoms with Gasteiger partial charge in [-0.05, 0) is 10.6 Å². The Bertz CT molecular complexity index is 268. The quantitative estimate of drug-likeness (QED) is 0.141. The molecule has 0 spiro atoms. The predicted molar refractivity (Wildman–Crippen MR) is 45.3 cm³/mol. The maximum atomic E-state index is 10.3. The summed E-state index contributed by atoms with van der Waals surface area (Å²) in [5.41, 5.74) is 5.11. The van der Waals surface area contributed by atoms with Crippen LogP contribution in [0.1, 0.15) is 0 Å². The van der Waals surface area contributed by atoms with Gasteiger partial charge in [-0.1, -0.05) is 0 Å². The van der Waals surface area contributed by atoms with E-state index in [4.69, 9.17) is 20.9 Å². The van der Waals surface area contributed by atoms with E-state index in [0.717, 1.165) is 0 Å². The van der Waals surface area contributed by atoms with Gasteiger partial charge in [0, 0.05) is 4.91 Å². The van der Waals surface area contributed by atoms with E-state index in [2.05, 4.69) is 10.0 Å². The summed E-state index contributed by atoms with van der Waals surface area (Å²) >= 11 is 0. The Labute approximate surface area is 83.8 Å². The Hall–Kier alpha value is -1.22. The van der Waals surface area contributed by atoms with Crippen LogP contribution in [0, 0.1) is 0 Å².